The summed E-state index contributed by atoms with van der Waals surface area (Å²) < 4.78 is 7.84. The summed E-state index contributed by atoms with van der Waals surface area (Å²) in [6, 6.07) is 7.94. The van der Waals surface area contributed by atoms with E-state index in [4.69, 9.17) is 4.74 Å². The number of fused-ring (bicyclic) bond motifs is 4. The number of nitrogens with zero attached hydrogens (tertiary/aromatic N) is 3. The molecule has 4 heterocycles. The number of thiazole rings is 1. The van der Waals surface area contributed by atoms with Crippen molar-refractivity contribution in [1.29, 1.82) is 0 Å². The van der Waals surface area contributed by atoms with Crippen molar-refractivity contribution in [3.8, 4) is 5.75 Å². The van der Waals surface area contributed by atoms with Crippen LogP contribution in [0.1, 0.15) is 17.2 Å². The second kappa shape index (κ2) is 5.82. The minimum Gasteiger partial charge on any atom is -0.493 e. The lowest BCUT2D eigenvalue weighted by atomic mass is 9.74. The van der Waals surface area contributed by atoms with Crippen LogP contribution in [0.15, 0.2) is 42.0 Å². The second-order valence-corrected chi connectivity index (χ2v) is 8.05. The number of rotatable bonds is 3. The zero-order chi connectivity index (χ0) is 17.7. The van der Waals surface area contributed by atoms with Gasteiger partial charge in [-0.3, -0.25) is 9.20 Å². The molecule has 3 aromatic rings. The average Bonchev–Trinajstić information content (AvgIpc) is 3.34. The number of ether oxygens (including phenoxy) is 1. The number of aliphatic hydroxyl groups excluding tert-OH is 1. The minimum absolute atomic E-state index is 0.00991. The molecule has 1 aromatic carbocycles. The summed E-state index contributed by atoms with van der Waals surface area (Å²) in [6.07, 6.45) is 4.14. The number of imidazole rings is 1. The number of aliphatic hydroxyl groups is 1. The number of carbonyl (C=O) groups excluding carboxylic acids is 1. The van der Waals surface area contributed by atoms with Crippen molar-refractivity contribution in [2.75, 3.05) is 26.3 Å². The van der Waals surface area contributed by atoms with Crippen molar-refractivity contribution in [2.45, 2.75) is 12.3 Å². The first-order valence-electron chi connectivity index (χ1n) is 8.70. The SMILES string of the molecule is O=C(Cc1cn2ccsc2n1)N1CC2c3ccccc3OCC2(CO)C1. The molecule has 1 N–H and O–H groups in total. The highest BCUT2D eigenvalue weighted by atomic mass is 32.1. The van der Waals surface area contributed by atoms with Crippen LogP contribution in [0, 0.1) is 5.41 Å². The van der Waals surface area contributed by atoms with E-state index >= 15 is 0 Å². The first-order valence-corrected chi connectivity index (χ1v) is 9.58. The van der Waals surface area contributed by atoms with E-state index in [9.17, 15) is 9.90 Å². The van der Waals surface area contributed by atoms with E-state index in [2.05, 4.69) is 4.98 Å². The van der Waals surface area contributed by atoms with Gasteiger partial charge in [0.25, 0.3) is 0 Å². The second-order valence-electron chi connectivity index (χ2n) is 7.18. The molecule has 0 radical (unpaired) electrons. The molecule has 7 heteroatoms. The fourth-order valence-electron chi connectivity index (χ4n) is 4.19. The molecule has 6 nitrogen and oxygen atoms in total. The minimum atomic E-state index is -0.418. The van der Waals surface area contributed by atoms with Gasteiger partial charge in [-0.05, 0) is 11.6 Å². The third kappa shape index (κ3) is 2.34. The summed E-state index contributed by atoms with van der Waals surface area (Å²) in [5.74, 6) is 1.02. The van der Waals surface area contributed by atoms with Crippen LogP contribution in [-0.4, -0.2) is 51.6 Å². The zero-order valence-electron chi connectivity index (χ0n) is 14.2. The van der Waals surface area contributed by atoms with E-state index in [1.807, 2.05) is 51.3 Å². The van der Waals surface area contributed by atoms with Crippen LogP contribution in [0.25, 0.3) is 4.96 Å². The standard InChI is InChI=1S/C19H19N3O3S/c23-11-19-10-22(9-15(19)14-3-1-2-4-16(14)25-12-19)17(24)7-13-8-21-5-6-26-18(21)20-13/h1-6,8,15,23H,7,9-12H2. The van der Waals surface area contributed by atoms with Gasteiger partial charge in [0.15, 0.2) is 4.96 Å². The number of para-hydroxylation sites is 1. The van der Waals surface area contributed by atoms with E-state index < -0.39 is 5.41 Å². The lowest BCUT2D eigenvalue weighted by molar-refractivity contribution is -0.130. The lowest BCUT2D eigenvalue weighted by Crippen LogP contribution is -2.42. The topological polar surface area (TPSA) is 67.1 Å². The zero-order valence-corrected chi connectivity index (χ0v) is 15.0. The van der Waals surface area contributed by atoms with E-state index in [-0.39, 0.29) is 24.9 Å². The third-order valence-corrected chi connectivity index (χ3v) is 6.37. The number of aromatic nitrogens is 2. The maximum absolute atomic E-state index is 12.9. The summed E-state index contributed by atoms with van der Waals surface area (Å²) in [7, 11) is 0. The van der Waals surface area contributed by atoms with E-state index in [0.29, 0.717) is 19.7 Å². The van der Waals surface area contributed by atoms with Gasteiger partial charge in [0, 0.05) is 36.8 Å². The summed E-state index contributed by atoms with van der Waals surface area (Å²) in [5.41, 5.74) is 1.45. The molecule has 134 valence electrons. The number of benzene rings is 1. The van der Waals surface area contributed by atoms with Crippen molar-refractivity contribution in [3.05, 3.63) is 53.3 Å². The molecule has 26 heavy (non-hydrogen) atoms. The Labute approximate surface area is 154 Å². The predicted octanol–water partition coefficient (Wildman–Crippen LogP) is 1.94. The van der Waals surface area contributed by atoms with Gasteiger partial charge >= 0.3 is 0 Å². The van der Waals surface area contributed by atoms with Gasteiger partial charge in [0.2, 0.25) is 5.91 Å². The van der Waals surface area contributed by atoms with Gasteiger partial charge in [-0.1, -0.05) is 18.2 Å². The molecule has 2 aromatic heterocycles. The Morgan fingerprint density at radius 1 is 1.42 bits per heavy atom. The van der Waals surface area contributed by atoms with Gasteiger partial charge < -0.3 is 14.7 Å². The fourth-order valence-corrected chi connectivity index (χ4v) is 4.91. The molecule has 2 unspecified atom stereocenters. The number of carbonyl (C=O) groups is 1. The van der Waals surface area contributed by atoms with Crippen molar-refractivity contribution in [3.63, 3.8) is 0 Å². The molecule has 2 aliphatic heterocycles. The van der Waals surface area contributed by atoms with Crippen molar-refractivity contribution in [1.82, 2.24) is 14.3 Å². The number of likely N-dealkylation sites (tertiary alicyclic amines) is 1. The smallest absolute Gasteiger partial charge is 0.228 e. The third-order valence-electron chi connectivity index (χ3n) is 5.60. The summed E-state index contributed by atoms with van der Waals surface area (Å²) in [5, 5.41) is 12.1. The molecule has 0 spiro atoms. The van der Waals surface area contributed by atoms with Gasteiger partial charge in [0.1, 0.15) is 5.75 Å². The highest BCUT2D eigenvalue weighted by Gasteiger charge is 2.51. The molecular weight excluding hydrogens is 350 g/mol. The maximum Gasteiger partial charge on any atom is 0.228 e. The predicted molar refractivity (Wildman–Crippen MR) is 97.5 cm³/mol. The van der Waals surface area contributed by atoms with Gasteiger partial charge in [-0.15, -0.1) is 11.3 Å². The van der Waals surface area contributed by atoms with Crippen molar-refractivity contribution in [2.24, 2.45) is 5.41 Å². The van der Waals surface area contributed by atoms with Crippen LogP contribution in [0.5, 0.6) is 5.75 Å². The first kappa shape index (κ1) is 15.8. The Bertz CT molecular complexity index is 953. The van der Waals surface area contributed by atoms with Crippen molar-refractivity contribution < 1.29 is 14.6 Å². The van der Waals surface area contributed by atoms with E-state index in [1.165, 1.54) is 0 Å². The average molecular weight is 369 g/mol. The molecule has 0 aliphatic carbocycles. The van der Waals surface area contributed by atoms with Gasteiger partial charge in [-0.25, -0.2) is 4.98 Å². The Hall–Kier alpha value is -2.38. The monoisotopic (exact) mass is 369 g/mol. The molecule has 1 amide bonds. The Morgan fingerprint density at radius 3 is 3.15 bits per heavy atom. The van der Waals surface area contributed by atoms with Crippen LogP contribution in [-0.2, 0) is 11.2 Å². The highest BCUT2D eigenvalue weighted by molar-refractivity contribution is 7.15. The maximum atomic E-state index is 12.9. The number of amides is 1. The van der Waals surface area contributed by atoms with Crippen LogP contribution in [0.4, 0.5) is 0 Å². The van der Waals surface area contributed by atoms with Gasteiger partial charge in [0.05, 0.1) is 30.7 Å². The fraction of sp³-hybridized carbons (Fsp3) is 0.368. The Balaban J connectivity index is 1.39. The van der Waals surface area contributed by atoms with Crippen LogP contribution in [0.2, 0.25) is 0 Å². The molecule has 1 fully saturated rings. The molecule has 1 saturated heterocycles. The van der Waals surface area contributed by atoms with E-state index in [1.54, 1.807) is 11.3 Å². The normalized spacial score (nSPS) is 24.3. The van der Waals surface area contributed by atoms with Crippen LogP contribution < -0.4 is 4.74 Å². The van der Waals surface area contributed by atoms with E-state index in [0.717, 1.165) is 22.0 Å². The highest BCUT2D eigenvalue weighted by Crippen LogP contribution is 2.49. The van der Waals surface area contributed by atoms with Crippen LogP contribution in [0.3, 0.4) is 0 Å². The number of hydrogen-bond acceptors (Lipinski definition) is 5. The van der Waals surface area contributed by atoms with Gasteiger partial charge in [-0.2, -0.15) is 0 Å². The molecule has 5 rings (SSSR count). The molecule has 0 saturated carbocycles. The summed E-state index contributed by atoms with van der Waals surface area (Å²) in [4.78, 5) is 20.2. The molecule has 2 aliphatic rings. The largest absolute Gasteiger partial charge is 0.493 e. The quantitative estimate of drug-likeness (QED) is 0.766. The Kier molecular flexibility index (Phi) is 3.55. The van der Waals surface area contributed by atoms with Crippen LogP contribution >= 0.6 is 11.3 Å². The summed E-state index contributed by atoms with van der Waals surface area (Å²) >= 11 is 1.56. The molecule has 0 bridgehead atoms. The molecular formula is C19H19N3O3S. The summed E-state index contributed by atoms with van der Waals surface area (Å²) in [6.45, 7) is 1.58. The molecule has 2 atom stereocenters. The first-order chi connectivity index (χ1) is 12.7. The number of hydrogen-bond donors (Lipinski definition) is 1. The lowest BCUT2D eigenvalue weighted by Gasteiger charge is -2.37. The van der Waals surface area contributed by atoms with Crippen molar-refractivity contribution >= 4 is 22.2 Å². The Morgan fingerprint density at radius 2 is 2.31 bits per heavy atom.